The van der Waals surface area contributed by atoms with Crippen LogP contribution < -0.4 is 10.2 Å². The van der Waals surface area contributed by atoms with Crippen LogP contribution in [-0.2, 0) is 4.79 Å². The van der Waals surface area contributed by atoms with E-state index in [0.29, 0.717) is 54.0 Å². The van der Waals surface area contributed by atoms with E-state index >= 15 is 0 Å². The Morgan fingerprint density at radius 2 is 1.84 bits per heavy atom. The molecular weight excluding hydrogens is 426 g/mol. The van der Waals surface area contributed by atoms with Crippen LogP contribution in [0.3, 0.4) is 0 Å². The van der Waals surface area contributed by atoms with Crippen molar-refractivity contribution in [2.75, 3.05) is 24.5 Å². The number of hydrogen-bond donors (Lipinski definition) is 2. The van der Waals surface area contributed by atoms with Crippen LogP contribution in [0.5, 0.6) is 0 Å². The number of nitrogens with zero attached hydrogens (tertiary/aromatic N) is 2. The Morgan fingerprint density at radius 3 is 2.53 bits per heavy atom. The molecule has 4 rings (SSSR count). The van der Waals surface area contributed by atoms with Gasteiger partial charge in [0.25, 0.3) is 5.91 Å². The minimum absolute atomic E-state index is 0.173. The molecule has 3 aromatic rings. The van der Waals surface area contributed by atoms with Crippen LogP contribution in [-0.4, -0.2) is 41.6 Å². The number of pyridine rings is 1. The van der Waals surface area contributed by atoms with Crippen LogP contribution in [0.2, 0.25) is 5.02 Å². The zero-order valence-electron chi connectivity index (χ0n) is 17.9. The molecule has 1 amide bonds. The van der Waals surface area contributed by atoms with Gasteiger partial charge in [0.15, 0.2) is 0 Å². The van der Waals surface area contributed by atoms with Gasteiger partial charge in [-0.05, 0) is 48.6 Å². The summed E-state index contributed by atoms with van der Waals surface area (Å²) in [7, 11) is 0. The van der Waals surface area contributed by atoms with Gasteiger partial charge < -0.3 is 15.3 Å². The lowest BCUT2D eigenvalue weighted by molar-refractivity contribution is -0.142. The van der Waals surface area contributed by atoms with E-state index in [-0.39, 0.29) is 17.7 Å². The second-order valence-electron chi connectivity index (χ2n) is 8.28. The quantitative estimate of drug-likeness (QED) is 0.566. The first-order valence-electron chi connectivity index (χ1n) is 10.8. The Hall–Kier alpha value is -3.12. The predicted octanol–water partition coefficient (Wildman–Crippen LogP) is 4.72. The van der Waals surface area contributed by atoms with E-state index in [1.54, 1.807) is 6.07 Å². The van der Waals surface area contributed by atoms with Crippen LogP contribution in [0.15, 0.2) is 54.6 Å². The Balaban J connectivity index is 1.51. The molecule has 0 spiro atoms. The number of hydrogen-bond acceptors (Lipinski definition) is 4. The van der Waals surface area contributed by atoms with E-state index in [4.69, 9.17) is 16.6 Å². The maximum Gasteiger partial charge on any atom is 0.306 e. The molecule has 0 radical (unpaired) electrons. The molecule has 1 aliphatic rings. The highest BCUT2D eigenvalue weighted by molar-refractivity contribution is 6.35. The second kappa shape index (κ2) is 9.57. The first-order chi connectivity index (χ1) is 15.4. The highest BCUT2D eigenvalue weighted by Crippen LogP contribution is 2.29. The number of halogens is 1. The van der Waals surface area contributed by atoms with Gasteiger partial charge in [-0.1, -0.05) is 48.9 Å². The summed E-state index contributed by atoms with van der Waals surface area (Å²) in [4.78, 5) is 31.0. The number of carbonyl (C=O) groups excluding carboxylic acids is 1. The Morgan fingerprint density at radius 1 is 1.12 bits per heavy atom. The number of piperidine rings is 1. The normalized spacial score (nSPS) is 15.5. The third-order valence-corrected chi connectivity index (χ3v) is 6.45. The third kappa shape index (κ3) is 4.70. The lowest BCUT2D eigenvalue weighted by atomic mass is 9.97. The number of fused-ring (bicyclic) bond motifs is 1. The lowest BCUT2D eigenvalue weighted by Crippen LogP contribution is -2.36. The monoisotopic (exact) mass is 451 g/mol. The van der Waals surface area contributed by atoms with E-state index in [1.807, 2.05) is 48.5 Å². The van der Waals surface area contributed by atoms with Gasteiger partial charge in [0.1, 0.15) is 5.82 Å². The summed E-state index contributed by atoms with van der Waals surface area (Å²) in [6.07, 6.45) is 1.20. The molecule has 1 atom stereocenters. The number of rotatable bonds is 6. The maximum absolute atomic E-state index is 13.0. The van der Waals surface area contributed by atoms with Gasteiger partial charge in [0, 0.05) is 25.0 Å². The number of carbonyl (C=O) groups is 2. The van der Waals surface area contributed by atoms with Crippen LogP contribution >= 0.6 is 11.6 Å². The van der Waals surface area contributed by atoms with Gasteiger partial charge in [-0.2, -0.15) is 0 Å². The van der Waals surface area contributed by atoms with Crippen molar-refractivity contribution in [3.05, 3.63) is 70.7 Å². The Labute approximate surface area is 192 Å². The topological polar surface area (TPSA) is 82.5 Å². The molecule has 0 aliphatic carbocycles. The molecule has 166 valence electrons. The van der Waals surface area contributed by atoms with Crippen LogP contribution in [0.25, 0.3) is 10.9 Å². The van der Waals surface area contributed by atoms with Crippen molar-refractivity contribution in [2.45, 2.75) is 25.7 Å². The highest BCUT2D eigenvalue weighted by atomic mass is 35.5. The van der Waals surface area contributed by atoms with Crippen LogP contribution in [0.1, 0.15) is 41.6 Å². The summed E-state index contributed by atoms with van der Waals surface area (Å²) in [5.41, 5.74) is 2.27. The fourth-order valence-electron chi connectivity index (χ4n) is 4.16. The molecule has 6 nitrogen and oxygen atoms in total. The predicted molar refractivity (Wildman–Crippen MR) is 127 cm³/mol. The molecule has 0 unspecified atom stereocenters. The molecular formula is C25H26ClN3O3. The smallest absolute Gasteiger partial charge is 0.306 e. The molecule has 0 bridgehead atoms. The van der Waals surface area contributed by atoms with E-state index in [1.165, 1.54) is 0 Å². The Bertz CT molecular complexity index is 1130. The number of anilines is 1. The largest absolute Gasteiger partial charge is 0.481 e. The zero-order valence-corrected chi connectivity index (χ0v) is 18.7. The number of amides is 1. The van der Waals surface area contributed by atoms with Crippen LogP contribution in [0, 0.1) is 5.92 Å². The van der Waals surface area contributed by atoms with Crippen molar-refractivity contribution in [1.82, 2.24) is 10.3 Å². The second-order valence-corrected chi connectivity index (χ2v) is 8.69. The van der Waals surface area contributed by atoms with Crippen molar-refractivity contribution in [1.29, 1.82) is 0 Å². The van der Waals surface area contributed by atoms with Crippen molar-refractivity contribution < 1.29 is 14.7 Å². The number of carboxylic acids is 1. The third-order valence-electron chi connectivity index (χ3n) is 6.14. The van der Waals surface area contributed by atoms with E-state index < -0.39 is 5.97 Å². The fourth-order valence-corrected chi connectivity index (χ4v) is 4.41. The molecule has 0 saturated carbocycles. The zero-order chi connectivity index (χ0) is 22.7. The molecule has 2 heterocycles. The summed E-state index contributed by atoms with van der Waals surface area (Å²) in [6, 6.07) is 17.3. The first-order valence-corrected chi connectivity index (χ1v) is 11.2. The summed E-state index contributed by atoms with van der Waals surface area (Å²) >= 11 is 6.41. The van der Waals surface area contributed by atoms with Gasteiger partial charge in [-0.15, -0.1) is 0 Å². The van der Waals surface area contributed by atoms with E-state index in [9.17, 15) is 14.7 Å². The molecule has 7 heteroatoms. The SMILES string of the molecule is C[C@H](CNC(=O)c1c(Cl)ccc2nc(N3CCC(C(=O)O)CC3)ccc12)c1ccccc1. The molecule has 1 fully saturated rings. The van der Waals surface area contributed by atoms with Crippen molar-refractivity contribution in [3.8, 4) is 0 Å². The van der Waals surface area contributed by atoms with E-state index in [2.05, 4.69) is 17.1 Å². The van der Waals surface area contributed by atoms with Gasteiger partial charge in [-0.25, -0.2) is 4.98 Å². The number of aromatic nitrogens is 1. The average molecular weight is 452 g/mol. The summed E-state index contributed by atoms with van der Waals surface area (Å²) in [6.45, 7) is 3.86. The van der Waals surface area contributed by atoms with Gasteiger partial charge >= 0.3 is 5.97 Å². The Kier molecular flexibility index (Phi) is 6.61. The lowest BCUT2D eigenvalue weighted by Gasteiger charge is -2.31. The minimum atomic E-state index is -0.733. The van der Waals surface area contributed by atoms with Gasteiger partial charge in [0.2, 0.25) is 0 Å². The highest BCUT2D eigenvalue weighted by Gasteiger charge is 2.25. The maximum atomic E-state index is 13.0. The van der Waals surface area contributed by atoms with Crippen molar-refractivity contribution in [3.63, 3.8) is 0 Å². The summed E-state index contributed by atoms with van der Waals surface area (Å²) < 4.78 is 0. The number of aliphatic carboxylic acids is 1. The van der Waals surface area contributed by atoms with Gasteiger partial charge in [0.05, 0.1) is 22.0 Å². The van der Waals surface area contributed by atoms with Crippen molar-refractivity contribution in [2.24, 2.45) is 5.92 Å². The number of carboxylic acid groups (broad SMARTS) is 1. The minimum Gasteiger partial charge on any atom is -0.481 e. The van der Waals surface area contributed by atoms with Crippen LogP contribution in [0.4, 0.5) is 5.82 Å². The van der Waals surface area contributed by atoms with Gasteiger partial charge in [-0.3, -0.25) is 9.59 Å². The molecule has 1 aliphatic heterocycles. The summed E-state index contributed by atoms with van der Waals surface area (Å²) in [5, 5.41) is 13.3. The number of nitrogens with one attached hydrogen (secondary N) is 1. The first kappa shape index (κ1) is 22.1. The standard InChI is InChI=1S/C25H26ClN3O3/c1-16(17-5-3-2-4-6-17)15-27-24(30)23-19-7-10-22(28-21(19)9-8-20(23)26)29-13-11-18(12-14-29)25(31)32/h2-10,16,18H,11-15H2,1H3,(H,27,30)(H,31,32)/t16-/m1/s1. The summed E-state index contributed by atoms with van der Waals surface area (Å²) in [5.74, 6) is -0.289. The molecule has 2 aromatic carbocycles. The average Bonchev–Trinajstić information content (AvgIpc) is 2.82. The molecule has 1 aromatic heterocycles. The van der Waals surface area contributed by atoms with Crippen molar-refractivity contribution >= 4 is 40.2 Å². The van der Waals surface area contributed by atoms with E-state index in [0.717, 1.165) is 11.4 Å². The molecule has 32 heavy (non-hydrogen) atoms. The molecule has 1 saturated heterocycles. The molecule has 2 N–H and O–H groups in total. The number of benzene rings is 2. The fraction of sp³-hybridized carbons (Fsp3) is 0.320.